The van der Waals surface area contributed by atoms with E-state index >= 15 is 0 Å². The van der Waals surface area contributed by atoms with Crippen molar-refractivity contribution in [2.24, 2.45) is 0 Å². The molecule has 1 aliphatic heterocycles. The minimum absolute atomic E-state index is 0.0144. The molecule has 1 aliphatic rings. The minimum atomic E-state index is -4.42. The maximum Gasteiger partial charge on any atom is 0.416 e. The van der Waals surface area contributed by atoms with Crippen LogP contribution in [0.5, 0.6) is 0 Å². The number of piperidine rings is 1. The molecule has 33 heavy (non-hydrogen) atoms. The molecule has 1 heterocycles. The van der Waals surface area contributed by atoms with Gasteiger partial charge in [-0.25, -0.2) is 9.18 Å². The fraction of sp³-hybridized carbons (Fsp3) is 0.417. The molecule has 1 N–H and O–H groups in total. The van der Waals surface area contributed by atoms with Gasteiger partial charge >= 0.3 is 12.1 Å². The van der Waals surface area contributed by atoms with Crippen molar-refractivity contribution >= 4 is 11.9 Å². The fourth-order valence-electron chi connectivity index (χ4n) is 3.89. The van der Waals surface area contributed by atoms with E-state index in [-0.39, 0.29) is 25.3 Å². The number of benzene rings is 2. The number of ether oxygens (including phenoxy) is 1. The van der Waals surface area contributed by atoms with Crippen molar-refractivity contribution in [2.45, 2.75) is 50.7 Å². The van der Waals surface area contributed by atoms with Crippen molar-refractivity contribution in [3.8, 4) is 0 Å². The summed E-state index contributed by atoms with van der Waals surface area (Å²) in [7, 11) is 1.29. The van der Waals surface area contributed by atoms with Crippen LogP contribution in [-0.2, 0) is 22.3 Å². The number of halogens is 4. The summed E-state index contributed by atoms with van der Waals surface area (Å²) < 4.78 is 57.2. The van der Waals surface area contributed by atoms with Crippen molar-refractivity contribution < 1.29 is 31.9 Å². The van der Waals surface area contributed by atoms with E-state index in [4.69, 9.17) is 0 Å². The largest absolute Gasteiger partial charge is 0.465 e. The van der Waals surface area contributed by atoms with Gasteiger partial charge in [-0.1, -0.05) is 24.3 Å². The maximum atomic E-state index is 14.1. The van der Waals surface area contributed by atoms with E-state index < -0.39 is 36.0 Å². The van der Waals surface area contributed by atoms with E-state index in [1.165, 1.54) is 19.2 Å². The molecule has 178 valence electrons. The highest BCUT2D eigenvalue weighted by Gasteiger charge is 2.34. The second kappa shape index (κ2) is 10.3. The number of likely N-dealkylation sites (tertiary alicyclic amines) is 1. The highest BCUT2D eigenvalue weighted by molar-refractivity contribution is 5.89. The first-order valence-electron chi connectivity index (χ1n) is 10.6. The lowest BCUT2D eigenvalue weighted by Crippen LogP contribution is -2.51. The topological polar surface area (TPSA) is 58.6 Å². The zero-order valence-corrected chi connectivity index (χ0v) is 18.4. The van der Waals surface area contributed by atoms with E-state index in [1.54, 1.807) is 36.1 Å². The van der Waals surface area contributed by atoms with E-state index in [0.29, 0.717) is 17.7 Å². The van der Waals surface area contributed by atoms with Crippen LogP contribution in [0.2, 0.25) is 0 Å². The number of nitrogens with one attached hydrogen (secondary N) is 1. The smallest absolute Gasteiger partial charge is 0.416 e. The van der Waals surface area contributed by atoms with Crippen LogP contribution in [0, 0.1) is 0 Å². The standard InChI is InChI=1S/C24H26F4N2O3/c1-15(17-5-7-18(8-6-17)23(32)33-2)29-22(31)21-13-20(25)11-12-30(21)14-16-3-9-19(10-4-16)24(26,27)28/h3-10,15,20-21H,11-14H2,1-2H3,(H,29,31). The molecule has 2 aromatic rings. The van der Waals surface area contributed by atoms with Crippen LogP contribution in [0.25, 0.3) is 0 Å². The number of methoxy groups -OCH3 is 1. The second-order valence-electron chi connectivity index (χ2n) is 8.15. The van der Waals surface area contributed by atoms with E-state index in [1.807, 2.05) is 0 Å². The summed E-state index contributed by atoms with van der Waals surface area (Å²) in [5, 5.41) is 2.88. The summed E-state index contributed by atoms with van der Waals surface area (Å²) in [5.41, 5.74) is 1.02. The van der Waals surface area contributed by atoms with Crippen molar-refractivity contribution in [1.29, 1.82) is 0 Å². The minimum Gasteiger partial charge on any atom is -0.465 e. The van der Waals surface area contributed by atoms with Crippen molar-refractivity contribution in [3.63, 3.8) is 0 Å². The van der Waals surface area contributed by atoms with Crippen LogP contribution < -0.4 is 5.32 Å². The van der Waals surface area contributed by atoms with Gasteiger partial charge in [-0.05, 0) is 48.7 Å². The lowest BCUT2D eigenvalue weighted by molar-refractivity contribution is -0.137. The molecule has 9 heteroatoms. The first-order chi connectivity index (χ1) is 15.6. The van der Waals surface area contributed by atoms with Crippen LogP contribution in [-0.4, -0.2) is 42.6 Å². The molecule has 2 aromatic carbocycles. The SMILES string of the molecule is COC(=O)c1ccc(C(C)NC(=O)C2CC(F)CCN2Cc2ccc(C(F)(F)F)cc2)cc1. The van der Waals surface area contributed by atoms with E-state index in [2.05, 4.69) is 10.1 Å². The third-order valence-corrected chi connectivity index (χ3v) is 5.81. The Morgan fingerprint density at radius 2 is 1.76 bits per heavy atom. The number of esters is 1. The van der Waals surface area contributed by atoms with Gasteiger partial charge in [-0.15, -0.1) is 0 Å². The summed E-state index contributed by atoms with van der Waals surface area (Å²) in [4.78, 5) is 26.4. The molecule has 1 fully saturated rings. The van der Waals surface area contributed by atoms with Gasteiger partial charge in [0.2, 0.25) is 5.91 Å². The van der Waals surface area contributed by atoms with Gasteiger partial charge in [0.1, 0.15) is 6.17 Å². The highest BCUT2D eigenvalue weighted by atomic mass is 19.4. The molecule has 0 aliphatic carbocycles. The van der Waals surface area contributed by atoms with Gasteiger partial charge in [0.15, 0.2) is 0 Å². The number of carbonyl (C=O) groups excluding carboxylic acids is 2. The number of alkyl halides is 4. The predicted molar refractivity (Wildman–Crippen MR) is 114 cm³/mol. The number of hydrogen-bond acceptors (Lipinski definition) is 4. The Labute approximate surface area is 189 Å². The molecule has 3 unspecified atom stereocenters. The molecule has 1 saturated heterocycles. The monoisotopic (exact) mass is 466 g/mol. The lowest BCUT2D eigenvalue weighted by Gasteiger charge is -2.36. The molecule has 3 atom stereocenters. The molecule has 0 bridgehead atoms. The van der Waals surface area contributed by atoms with Crippen LogP contribution in [0.1, 0.15) is 52.9 Å². The summed E-state index contributed by atoms with van der Waals surface area (Å²) in [6, 6.07) is 10.2. The van der Waals surface area contributed by atoms with Gasteiger partial charge in [0.25, 0.3) is 0 Å². The Balaban J connectivity index is 1.67. The Bertz CT molecular complexity index is 961. The predicted octanol–water partition coefficient (Wildman–Crippen LogP) is 4.67. The van der Waals surface area contributed by atoms with Crippen LogP contribution >= 0.6 is 0 Å². The normalized spacial score (nSPS) is 20.2. The van der Waals surface area contributed by atoms with E-state index in [0.717, 1.165) is 17.7 Å². The molecule has 5 nitrogen and oxygen atoms in total. The number of carbonyl (C=O) groups is 2. The second-order valence-corrected chi connectivity index (χ2v) is 8.15. The zero-order valence-electron chi connectivity index (χ0n) is 18.4. The lowest BCUT2D eigenvalue weighted by atomic mass is 9.97. The number of rotatable bonds is 6. The maximum absolute atomic E-state index is 14.1. The third kappa shape index (κ3) is 6.31. The summed E-state index contributed by atoms with van der Waals surface area (Å²) in [6.07, 6.45) is -5.27. The summed E-state index contributed by atoms with van der Waals surface area (Å²) >= 11 is 0. The zero-order chi connectivity index (χ0) is 24.2. The van der Waals surface area contributed by atoms with Gasteiger partial charge in [-0.2, -0.15) is 13.2 Å². The highest BCUT2D eigenvalue weighted by Crippen LogP contribution is 2.30. The summed E-state index contributed by atoms with van der Waals surface area (Å²) in [5.74, 6) is -0.817. The number of hydrogen-bond donors (Lipinski definition) is 1. The first kappa shape index (κ1) is 24.7. The van der Waals surface area contributed by atoms with E-state index in [9.17, 15) is 27.2 Å². The van der Waals surface area contributed by atoms with Gasteiger partial charge in [0, 0.05) is 19.5 Å². The van der Waals surface area contributed by atoms with Crippen LogP contribution in [0.4, 0.5) is 17.6 Å². The van der Waals surface area contributed by atoms with Crippen molar-refractivity contribution in [2.75, 3.05) is 13.7 Å². The Morgan fingerprint density at radius 3 is 2.33 bits per heavy atom. The average Bonchev–Trinajstić information content (AvgIpc) is 2.79. The first-order valence-corrected chi connectivity index (χ1v) is 10.6. The fourth-order valence-corrected chi connectivity index (χ4v) is 3.89. The number of nitrogens with zero attached hydrogens (tertiary/aromatic N) is 1. The molecule has 0 radical (unpaired) electrons. The quantitative estimate of drug-likeness (QED) is 0.497. The van der Waals surface area contributed by atoms with Crippen molar-refractivity contribution in [1.82, 2.24) is 10.2 Å². The van der Waals surface area contributed by atoms with Gasteiger partial charge < -0.3 is 10.1 Å². The Morgan fingerprint density at radius 1 is 1.12 bits per heavy atom. The Hall–Kier alpha value is -2.94. The molecule has 3 rings (SSSR count). The molecular formula is C24H26F4N2O3. The summed E-state index contributed by atoms with van der Waals surface area (Å²) in [6.45, 7) is 2.34. The van der Waals surface area contributed by atoms with Crippen LogP contribution in [0.15, 0.2) is 48.5 Å². The van der Waals surface area contributed by atoms with Gasteiger partial charge in [0.05, 0.1) is 30.3 Å². The molecular weight excluding hydrogens is 440 g/mol. The number of amides is 1. The molecule has 0 saturated carbocycles. The van der Waals surface area contributed by atoms with Crippen molar-refractivity contribution in [3.05, 3.63) is 70.8 Å². The van der Waals surface area contributed by atoms with Crippen LogP contribution in [0.3, 0.4) is 0 Å². The Kier molecular flexibility index (Phi) is 7.73. The molecule has 0 aromatic heterocycles. The average molecular weight is 466 g/mol. The third-order valence-electron chi connectivity index (χ3n) is 5.81. The molecule has 0 spiro atoms. The molecule has 1 amide bonds. The van der Waals surface area contributed by atoms with Gasteiger partial charge in [-0.3, -0.25) is 9.69 Å².